The Morgan fingerprint density at radius 1 is 1.38 bits per heavy atom. The van der Waals surface area contributed by atoms with Crippen LogP contribution < -0.4 is 4.74 Å². The topological polar surface area (TPSA) is 64.1 Å². The van der Waals surface area contributed by atoms with E-state index in [9.17, 15) is 8.42 Å². The molecule has 2 aromatic rings. The Labute approximate surface area is 128 Å². The Morgan fingerprint density at radius 2 is 2.10 bits per heavy atom. The third-order valence-corrected chi connectivity index (χ3v) is 5.92. The molecule has 0 bridgehead atoms. The second kappa shape index (κ2) is 5.46. The van der Waals surface area contributed by atoms with Crippen LogP contribution in [0.3, 0.4) is 0 Å². The van der Waals surface area contributed by atoms with Gasteiger partial charge in [-0.05, 0) is 44.1 Å². The molecule has 3 rings (SSSR count). The molecule has 7 heteroatoms. The number of benzene rings is 1. The highest BCUT2D eigenvalue weighted by Crippen LogP contribution is 2.31. The van der Waals surface area contributed by atoms with E-state index in [1.807, 2.05) is 29.7 Å². The zero-order chi connectivity index (χ0) is 15.0. The Balaban J connectivity index is 2.05. The van der Waals surface area contributed by atoms with Crippen molar-refractivity contribution < 1.29 is 13.2 Å². The zero-order valence-electron chi connectivity index (χ0n) is 11.8. The summed E-state index contributed by atoms with van der Waals surface area (Å²) in [5.74, 6) is 1.25. The van der Waals surface area contributed by atoms with E-state index in [1.165, 1.54) is 0 Å². The van der Waals surface area contributed by atoms with E-state index in [4.69, 9.17) is 17.0 Å². The number of hydrogen-bond donors (Lipinski definition) is 1. The van der Waals surface area contributed by atoms with Gasteiger partial charge in [0.1, 0.15) is 21.1 Å². The number of nitrogens with one attached hydrogen (secondary N) is 1. The second-order valence-corrected chi connectivity index (χ2v) is 7.96. The van der Waals surface area contributed by atoms with Gasteiger partial charge in [0.2, 0.25) is 0 Å². The van der Waals surface area contributed by atoms with Gasteiger partial charge in [-0.3, -0.25) is 0 Å². The van der Waals surface area contributed by atoms with Crippen LogP contribution in [0.15, 0.2) is 18.2 Å². The third-order valence-electron chi connectivity index (χ3n) is 3.90. The van der Waals surface area contributed by atoms with Crippen LogP contribution in [0.1, 0.15) is 25.8 Å². The van der Waals surface area contributed by atoms with Crippen LogP contribution in [0, 0.1) is 4.77 Å². The van der Waals surface area contributed by atoms with Gasteiger partial charge in [-0.15, -0.1) is 0 Å². The summed E-state index contributed by atoms with van der Waals surface area (Å²) in [5, 5.41) is 0. The molecule has 5 nitrogen and oxygen atoms in total. The summed E-state index contributed by atoms with van der Waals surface area (Å²) in [7, 11) is -2.87. The molecular formula is C14H18N2O3S2. The molecule has 1 aliphatic heterocycles. The van der Waals surface area contributed by atoms with Crippen molar-refractivity contribution in [3.63, 3.8) is 0 Å². The molecule has 0 radical (unpaired) electrons. The first-order valence-corrected chi connectivity index (χ1v) is 9.31. The fraction of sp³-hybridized carbons (Fsp3) is 0.500. The van der Waals surface area contributed by atoms with Gasteiger partial charge < -0.3 is 14.3 Å². The summed E-state index contributed by atoms with van der Waals surface area (Å²) in [5.41, 5.74) is 1.87. The number of nitrogens with zero attached hydrogens (tertiary/aromatic N) is 1. The van der Waals surface area contributed by atoms with Gasteiger partial charge in [-0.2, -0.15) is 0 Å². The van der Waals surface area contributed by atoms with Crippen molar-refractivity contribution in [2.45, 2.75) is 25.8 Å². The average molecular weight is 326 g/mol. The van der Waals surface area contributed by atoms with Crippen molar-refractivity contribution in [3.05, 3.63) is 23.0 Å². The number of hydrogen-bond acceptors (Lipinski definition) is 4. The minimum atomic E-state index is -2.87. The number of sulfone groups is 1. The first-order chi connectivity index (χ1) is 10.0. The fourth-order valence-electron chi connectivity index (χ4n) is 2.90. The second-order valence-electron chi connectivity index (χ2n) is 5.27. The number of imidazole rings is 1. The van der Waals surface area contributed by atoms with Crippen LogP contribution in [0.5, 0.6) is 5.75 Å². The SMILES string of the molecule is CCOc1cccc2c1[nH]c(=S)n2C1CCS(=O)(=O)CC1. The van der Waals surface area contributed by atoms with Gasteiger partial charge in [-0.1, -0.05) is 6.07 Å². The molecule has 0 amide bonds. The van der Waals surface area contributed by atoms with E-state index in [1.54, 1.807) is 0 Å². The highest BCUT2D eigenvalue weighted by molar-refractivity contribution is 7.91. The van der Waals surface area contributed by atoms with Crippen molar-refractivity contribution in [2.75, 3.05) is 18.1 Å². The van der Waals surface area contributed by atoms with E-state index in [0.29, 0.717) is 24.2 Å². The minimum Gasteiger partial charge on any atom is -0.492 e. The predicted octanol–water partition coefficient (Wildman–Crippen LogP) is 2.85. The van der Waals surface area contributed by atoms with Crippen LogP contribution in [0.4, 0.5) is 0 Å². The van der Waals surface area contributed by atoms with E-state index in [0.717, 1.165) is 16.8 Å². The number of H-pyrrole nitrogens is 1. The molecule has 0 atom stereocenters. The molecule has 0 saturated carbocycles. The Kier molecular flexibility index (Phi) is 3.79. The Morgan fingerprint density at radius 3 is 2.76 bits per heavy atom. The van der Waals surface area contributed by atoms with Gasteiger partial charge in [0.25, 0.3) is 0 Å². The molecule has 1 saturated heterocycles. The van der Waals surface area contributed by atoms with Crippen LogP contribution in [-0.2, 0) is 9.84 Å². The lowest BCUT2D eigenvalue weighted by molar-refractivity contribution is 0.343. The number of aromatic nitrogens is 2. The van der Waals surface area contributed by atoms with Crippen LogP contribution in [-0.4, -0.2) is 36.1 Å². The van der Waals surface area contributed by atoms with E-state index in [-0.39, 0.29) is 17.5 Å². The van der Waals surface area contributed by atoms with Gasteiger partial charge in [0.05, 0.1) is 23.6 Å². The predicted molar refractivity (Wildman–Crippen MR) is 85.2 cm³/mol. The number of fused-ring (bicyclic) bond motifs is 1. The normalized spacial score (nSPS) is 18.9. The van der Waals surface area contributed by atoms with Crippen LogP contribution >= 0.6 is 12.2 Å². The maximum atomic E-state index is 11.6. The Hall–Kier alpha value is -1.34. The van der Waals surface area contributed by atoms with Crippen molar-refractivity contribution in [1.82, 2.24) is 9.55 Å². The highest BCUT2D eigenvalue weighted by atomic mass is 32.2. The molecule has 1 aromatic carbocycles. The molecule has 1 aliphatic rings. The molecule has 0 unspecified atom stereocenters. The maximum Gasteiger partial charge on any atom is 0.178 e. The summed E-state index contributed by atoms with van der Waals surface area (Å²) in [4.78, 5) is 3.20. The fourth-order valence-corrected chi connectivity index (χ4v) is 4.71. The van der Waals surface area contributed by atoms with Gasteiger partial charge in [-0.25, -0.2) is 8.42 Å². The zero-order valence-corrected chi connectivity index (χ0v) is 13.5. The molecule has 114 valence electrons. The number of rotatable bonds is 3. The van der Waals surface area contributed by atoms with E-state index < -0.39 is 9.84 Å². The van der Waals surface area contributed by atoms with Gasteiger partial charge >= 0.3 is 0 Å². The molecule has 1 N–H and O–H groups in total. The first kappa shape index (κ1) is 14.6. The van der Waals surface area contributed by atoms with Crippen molar-refractivity contribution >= 4 is 33.1 Å². The maximum absolute atomic E-state index is 11.6. The standard InChI is InChI=1S/C14H18N2O3S2/c1-2-19-12-5-3-4-11-13(12)15-14(20)16(11)10-6-8-21(17,18)9-7-10/h3-5,10H,2,6-9H2,1H3,(H,15,20). The number of aromatic amines is 1. The van der Waals surface area contributed by atoms with Crippen molar-refractivity contribution in [3.8, 4) is 5.75 Å². The summed E-state index contributed by atoms with van der Waals surface area (Å²) >= 11 is 5.44. The number of para-hydroxylation sites is 1. The quantitative estimate of drug-likeness (QED) is 0.881. The molecule has 2 heterocycles. The lowest BCUT2D eigenvalue weighted by atomic mass is 10.1. The summed E-state index contributed by atoms with van der Waals surface area (Å²) < 4.78 is 31.5. The van der Waals surface area contributed by atoms with E-state index in [2.05, 4.69) is 4.98 Å². The third kappa shape index (κ3) is 2.72. The summed E-state index contributed by atoms with van der Waals surface area (Å²) in [6, 6.07) is 5.97. The van der Waals surface area contributed by atoms with Crippen LogP contribution in [0.2, 0.25) is 0 Å². The number of ether oxygens (including phenoxy) is 1. The Bertz CT molecular complexity index is 806. The average Bonchev–Trinajstić information content (AvgIpc) is 2.77. The molecule has 1 aromatic heterocycles. The van der Waals surface area contributed by atoms with Crippen LogP contribution in [0.25, 0.3) is 11.0 Å². The molecular weight excluding hydrogens is 308 g/mol. The lowest BCUT2D eigenvalue weighted by Gasteiger charge is -2.24. The molecule has 1 fully saturated rings. The molecule has 21 heavy (non-hydrogen) atoms. The largest absolute Gasteiger partial charge is 0.492 e. The monoisotopic (exact) mass is 326 g/mol. The van der Waals surface area contributed by atoms with E-state index >= 15 is 0 Å². The molecule has 0 aliphatic carbocycles. The summed E-state index contributed by atoms with van der Waals surface area (Å²) in [6.45, 7) is 2.53. The molecule has 0 spiro atoms. The van der Waals surface area contributed by atoms with Crippen molar-refractivity contribution in [1.29, 1.82) is 0 Å². The summed E-state index contributed by atoms with van der Waals surface area (Å²) in [6.07, 6.45) is 1.23. The smallest absolute Gasteiger partial charge is 0.178 e. The highest BCUT2D eigenvalue weighted by Gasteiger charge is 2.26. The van der Waals surface area contributed by atoms with Crippen molar-refractivity contribution in [2.24, 2.45) is 0 Å². The minimum absolute atomic E-state index is 0.131. The van der Waals surface area contributed by atoms with Gasteiger partial charge in [0.15, 0.2) is 4.77 Å². The van der Waals surface area contributed by atoms with Gasteiger partial charge in [0, 0.05) is 6.04 Å². The lowest BCUT2D eigenvalue weighted by Crippen LogP contribution is -2.25. The first-order valence-electron chi connectivity index (χ1n) is 7.08.